The van der Waals surface area contributed by atoms with Gasteiger partial charge in [0.25, 0.3) is 11.5 Å². The number of hydrogen-bond acceptors (Lipinski definition) is 5. The van der Waals surface area contributed by atoms with E-state index in [-0.39, 0.29) is 18.0 Å². The van der Waals surface area contributed by atoms with Crippen molar-refractivity contribution in [3.63, 3.8) is 0 Å². The Hall–Kier alpha value is -3.78. The van der Waals surface area contributed by atoms with E-state index in [0.29, 0.717) is 28.8 Å². The molecule has 0 aliphatic carbocycles. The second-order valence-corrected chi connectivity index (χ2v) is 7.52. The Morgan fingerprint density at radius 1 is 1.10 bits per heavy atom. The lowest BCUT2D eigenvalue weighted by molar-refractivity contribution is 0.0995. The molecule has 0 saturated heterocycles. The molecule has 8 nitrogen and oxygen atoms in total. The first-order valence-corrected chi connectivity index (χ1v) is 9.63. The molecule has 0 saturated carbocycles. The van der Waals surface area contributed by atoms with Crippen LogP contribution in [0.2, 0.25) is 0 Å². The summed E-state index contributed by atoms with van der Waals surface area (Å²) in [6.07, 6.45) is 1.74. The minimum absolute atomic E-state index is 0.0416. The van der Waals surface area contributed by atoms with Gasteiger partial charge in [-0.1, -0.05) is 23.8 Å². The first-order chi connectivity index (χ1) is 14.5. The number of rotatable bonds is 3. The third kappa shape index (κ3) is 2.65. The molecule has 1 amide bonds. The van der Waals surface area contributed by atoms with Gasteiger partial charge in [0.15, 0.2) is 0 Å². The molecule has 8 heteroatoms. The van der Waals surface area contributed by atoms with E-state index in [1.807, 2.05) is 44.3 Å². The van der Waals surface area contributed by atoms with Gasteiger partial charge < -0.3 is 5.73 Å². The van der Waals surface area contributed by atoms with Crippen molar-refractivity contribution in [2.75, 3.05) is 4.90 Å². The molecule has 4 aromatic rings. The Morgan fingerprint density at radius 3 is 2.73 bits per heavy atom. The second kappa shape index (κ2) is 6.64. The van der Waals surface area contributed by atoms with Crippen LogP contribution in [-0.4, -0.2) is 25.9 Å². The molecule has 0 unspecified atom stereocenters. The van der Waals surface area contributed by atoms with Crippen molar-refractivity contribution in [2.24, 2.45) is 12.8 Å². The topological polar surface area (TPSA) is 110 Å². The van der Waals surface area contributed by atoms with Crippen LogP contribution in [0, 0.1) is 6.92 Å². The molecule has 3 N–H and O–H groups in total. The van der Waals surface area contributed by atoms with Crippen LogP contribution in [0.5, 0.6) is 0 Å². The lowest BCUT2D eigenvalue weighted by Crippen LogP contribution is -2.26. The Bertz CT molecular complexity index is 1380. The van der Waals surface area contributed by atoms with Crippen LogP contribution in [-0.2, 0) is 20.1 Å². The van der Waals surface area contributed by atoms with Crippen LogP contribution in [0.3, 0.4) is 0 Å². The van der Waals surface area contributed by atoms with Crippen molar-refractivity contribution in [3.8, 4) is 11.1 Å². The largest absolute Gasteiger partial charge is 0.325 e. The summed E-state index contributed by atoms with van der Waals surface area (Å²) in [5.74, 6) is 0.667. The predicted octanol–water partition coefficient (Wildman–Crippen LogP) is 2.25. The summed E-state index contributed by atoms with van der Waals surface area (Å²) in [5, 5.41) is 12.2. The summed E-state index contributed by atoms with van der Waals surface area (Å²) in [5.41, 5.74) is 10.6. The Labute approximate surface area is 171 Å². The van der Waals surface area contributed by atoms with Crippen molar-refractivity contribution < 1.29 is 4.79 Å². The summed E-state index contributed by atoms with van der Waals surface area (Å²) in [7, 11) is 1.82. The van der Waals surface area contributed by atoms with E-state index in [9.17, 15) is 9.59 Å². The van der Waals surface area contributed by atoms with E-state index >= 15 is 0 Å². The zero-order valence-corrected chi connectivity index (χ0v) is 16.6. The monoisotopic (exact) mass is 400 g/mol. The van der Waals surface area contributed by atoms with Gasteiger partial charge in [0, 0.05) is 30.1 Å². The molecule has 2 aromatic heterocycles. The van der Waals surface area contributed by atoms with Crippen LogP contribution < -0.4 is 16.2 Å². The number of carbonyl (C=O) groups is 1. The van der Waals surface area contributed by atoms with Crippen LogP contribution in [0.1, 0.15) is 27.2 Å². The van der Waals surface area contributed by atoms with Crippen LogP contribution in [0.25, 0.3) is 21.9 Å². The molecule has 30 heavy (non-hydrogen) atoms. The molecule has 0 bridgehead atoms. The van der Waals surface area contributed by atoms with Gasteiger partial charge in [-0.15, -0.1) is 0 Å². The van der Waals surface area contributed by atoms with E-state index in [1.165, 1.54) is 0 Å². The smallest absolute Gasteiger partial charge is 0.272 e. The summed E-state index contributed by atoms with van der Waals surface area (Å²) in [4.78, 5) is 27.0. The molecule has 150 valence electrons. The molecule has 0 radical (unpaired) electrons. The SMILES string of the molecule is Cc1ccc2c(c1)C(=O)N(c1c(-c3ccc4c(=O)[nH]nc(CN)c4c3)cnn1C)C2. The maximum atomic E-state index is 13.2. The standard InChI is InChI=1S/C22H20N6O2/c1-12-3-4-14-11-28(22(30)16(14)7-12)21-18(10-24-27(21)2)13-5-6-15-17(8-13)19(9-23)25-26-20(15)29/h3-8,10H,9,11,23H2,1-2H3,(H,26,29). The number of anilines is 1. The molecule has 0 fully saturated rings. The average Bonchev–Trinajstić information content (AvgIpc) is 3.28. The predicted molar refractivity (Wildman–Crippen MR) is 114 cm³/mol. The number of fused-ring (bicyclic) bond motifs is 2. The highest BCUT2D eigenvalue weighted by Crippen LogP contribution is 2.36. The van der Waals surface area contributed by atoms with Crippen molar-refractivity contribution in [1.82, 2.24) is 20.0 Å². The number of aromatic nitrogens is 4. The Kier molecular flexibility index (Phi) is 4.04. The molecule has 5 rings (SSSR count). The van der Waals surface area contributed by atoms with Crippen molar-refractivity contribution in [2.45, 2.75) is 20.0 Å². The fourth-order valence-corrected chi connectivity index (χ4v) is 4.08. The van der Waals surface area contributed by atoms with Gasteiger partial charge in [-0.3, -0.25) is 19.2 Å². The Balaban J connectivity index is 1.65. The lowest BCUT2D eigenvalue weighted by Gasteiger charge is -2.18. The van der Waals surface area contributed by atoms with Crippen molar-refractivity contribution >= 4 is 22.5 Å². The number of amides is 1. The van der Waals surface area contributed by atoms with Crippen molar-refractivity contribution in [1.29, 1.82) is 0 Å². The number of aryl methyl sites for hydroxylation is 2. The maximum absolute atomic E-state index is 13.2. The van der Waals surface area contributed by atoms with E-state index in [4.69, 9.17) is 5.73 Å². The molecular formula is C22H20N6O2. The molecule has 1 aliphatic heterocycles. The van der Waals surface area contributed by atoms with Gasteiger partial charge >= 0.3 is 0 Å². The average molecular weight is 400 g/mol. The molecular weight excluding hydrogens is 380 g/mol. The molecule has 0 atom stereocenters. The Morgan fingerprint density at radius 2 is 1.93 bits per heavy atom. The van der Waals surface area contributed by atoms with Gasteiger partial charge in [-0.2, -0.15) is 10.2 Å². The highest BCUT2D eigenvalue weighted by atomic mass is 16.2. The fourth-order valence-electron chi connectivity index (χ4n) is 4.08. The van der Waals surface area contributed by atoms with Crippen LogP contribution in [0.4, 0.5) is 5.82 Å². The summed E-state index contributed by atoms with van der Waals surface area (Å²) in [6, 6.07) is 11.4. The van der Waals surface area contributed by atoms with E-state index in [1.54, 1.807) is 21.8 Å². The molecule has 1 aliphatic rings. The summed E-state index contributed by atoms with van der Waals surface area (Å²) < 4.78 is 1.70. The minimum atomic E-state index is -0.263. The van der Waals surface area contributed by atoms with Crippen molar-refractivity contribution in [3.05, 3.63) is 75.3 Å². The first-order valence-electron chi connectivity index (χ1n) is 9.63. The number of nitrogens with zero attached hydrogens (tertiary/aromatic N) is 4. The lowest BCUT2D eigenvalue weighted by atomic mass is 10.0. The van der Waals surface area contributed by atoms with Crippen LogP contribution in [0.15, 0.2) is 47.4 Å². The quantitative estimate of drug-likeness (QED) is 0.548. The number of benzene rings is 2. The van der Waals surface area contributed by atoms with Gasteiger partial charge in [0.1, 0.15) is 5.82 Å². The number of aromatic amines is 1. The number of carbonyl (C=O) groups excluding carboxylic acids is 1. The minimum Gasteiger partial charge on any atom is -0.325 e. The normalized spacial score (nSPS) is 13.3. The highest BCUT2D eigenvalue weighted by molar-refractivity contribution is 6.11. The molecule has 0 spiro atoms. The van der Waals surface area contributed by atoms with Gasteiger partial charge in [0.2, 0.25) is 0 Å². The zero-order valence-electron chi connectivity index (χ0n) is 16.6. The van der Waals surface area contributed by atoms with Gasteiger partial charge in [-0.05, 0) is 36.2 Å². The summed E-state index contributed by atoms with van der Waals surface area (Å²) >= 11 is 0. The number of hydrogen-bond donors (Lipinski definition) is 2. The number of nitrogens with one attached hydrogen (secondary N) is 1. The van der Waals surface area contributed by atoms with E-state index in [2.05, 4.69) is 15.3 Å². The van der Waals surface area contributed by atoms with E-state index in [0.717, 1.165) is 27.8 Å². The maximum Gasteiger partial charge on any atom is 0.272 e. The van der Waals surface area contributed by atoms with Gasteiger partial charge in [0.05, 0.1) is 23.8 Å². The third-order valence-corrected chi connectivity index (χ3v) is 5.60. The third-order valence-electron chi connectivity index (χ3n) is 5.60. The molecule has 3 heterocycles. The van der Waals surface area contributed by atoms with E-state index < -0.39 is 0 Å². The zero-order chi connectivity index (χ0) is 21.0. The van der Waals surface area contributed by atoms with Crippen LogP contribution >= 0.6 is 0 Å². The van der Waals surface area contributed by atoms with Gasteiger partial charge in [-0.25, -0.2) is 5.10 Å². The number of nitrogens with two attached hydrogens (primary N) is 1. The summed E-state index contributed by atoms with van der Waals surface area (Å²) in [6.45, 7) is 2.67. The second-order valence-electron chi connectivity index (χ2n) is 7.52. The number of H-pyrrole nitrogens is 1. The fraction of sp³-hybridized carbons (Fsp3) is 0.182. The first kappa shape index (κ1) is 18.3. The highest BCUT2D eigenvalue weighted by Gasteiger charge is 2.32. The molecule has 2 aromatic carbocycles.